The van der Waals surface area contributed by atoms with Crippen molar-refractivity contribution in [2.45, 2.75) is 0 Å². The Hall–Kier alpha value is -4.01. The van der Waals surface area contributed by atoms with E-state index in [4.69, 9.17) is 17.3 Å². The third kappa shape index (κ3) is 4.21. The van der Waals surface area contributed by atoms with Gasteiger partial charge in [0.15, 0.2) is 0 Å². The predicted molar refractivity (Wildman–Crippen MR) is 141 cm³/mol. The fraction of sp³-hybridized carbons (Fsp3) is 0. The summed E-state index contributed by atoms with van der Waals surface area (Å²) in [6, 6.07) is 43.3. The number of nitrogens with zero attached hydrogens (tertiary/aromatic N) is 1. The van der Waals surface area contributed by atoms with Gasteiger partial charge in [-0.05, 0) is 47.0 Å². The second-order valence-electron chi connectivity index (χ2n) is 7.81. The summed E-state index contributed by atoms with van der Waals surface area (Å²) in [4.78, 5) is 2.17. The standard InChI is InChI=1S/C30H23ClN2/c31-29-28(32)21-20-27(24-18-16-23(17-19-24)22-10-4-1-5-11-22)30(29)33(25-12-6-2-7-13-25)26-14-8-3-9-15-26/h1-21H,32H2. The van der Waals surface area contributed by atoms with Gasteiger partial charge in [-0.1, -0.05) is 109 Å². The number of anilines is 4. The monoisotopic (exact) mass is 446 g/mol. The molecule has 0 saturated heterocycles. The van der Waals surface area contributed by atoms with Crippen molar-refractivity contribution in [3.63, 3.8) is 0 Å². The van der Waals surface area contributed by atoms with Gasteiger partial charge in [0.25, 0.3) is 0 Å². The summed E-state index contributed by atoms with van der Waals surface area (Å²) in [7, 11) is 0. The van der Waals surface area contributed by atoms with Gasteiger partial charge in [-0.25, -0.2) is 0 Å². The molecule has 0 unspecified atom stereocenters. The van der Waals surface area contributed by atoms with Crippen LogP contribution in [0.15, 0.2) is 127 Å². The van der Waals surface area contributed by atoms with Gasteiger partial charge in [-0.2, -0.15) is 0 Å². The fourth-order valence-electron chi connectivity index (χ4n) is 4.07. The zero-order valence-corrected chi connectivity index (χ0v) is 18.8. The number of para-hydroxylation sites is 2. The summed E-state index contributed by atoms with van der Waals surface area (Å²) in [6.45, 7) is 0. The van der Waals surface area contributed by atoms with Crippen molar-refractivity contribution in [2.75, 3.05) is 10.6 Å². The number of nitrogen functional groups attached to an aromatic ring is 1. The Morgan fingerprint density at radius 2 is 0.939 bits per heavy atom. The molecule has 0 atom stereocenters. The third-order valence-electron chi connectivity index (χ3n) is 5.70. The van der Waals surface area contributed by atoms with Gasteiger partial charge in [0.05, 0.1) is 16.4 Å². The topological polar surface area (TPSA) is 29.3 Å². The lowest BCUT2D eigenvalue weighted by Gasteiger charge is -2.29. The summed E-state index contributed by atoms with van der Waals surface area (Å²) < 4.78 is 0. The van der Waals surface area contributed by atoms with E-state index in [9.17, 15) is 0 Å². The van der Waals surface area contributed by atoms with Gasteiger partial charge in [-0.3, -0.25) is 0 Å². The van der Waals surface area contributed by atoms with Crippen LogP contribution in [0, 0.1) is 0 Å². The minimum absolute atomic E-state index is 0.535. The molecule has 0 heterocycles. The maximum atomic E-state index is 6.90. The van der Waals surface area contributed by atoms with Crippen LogP contribution in [-0.2, 0) is 0 Å². The van der Waals surface area contributed by atoms with Crippen molar-refractivity contribution < 1.29 is 0 Å². The Balaban J connectivity index is 1.69. The van der Waals surface area contributed by atoms with Gasteiger partial charge >= 0.3 is 0 Å². The van der Waals surface area contributed by atoms with Gasteiger partial charge in [0.2, 0.25) is 0 Å². The average molecular weight is 447 g/mol. The van der Waals surface area contributed by atoms with Gasteiger partial charge in [-0.15, -0.1) is 0 Å². The van der Waals surface area contributed by atoms with Gasteiger partial charge < -0.3 is 10.6 Å². The largest absolute Gasteiger partial charge is 0.397 e. The number of rotatable bonds is 5. The van der Waals surface area contributed by atoms with Crippen LogP contribution in [0.2, 0.25) is 5.02 Å². The maximum absolute atomic E-state index is 6.90. The first-order chi connectivity index (χ1) is 16.2. The summed E-state index contributed by atoms with van der Waals surface area (Å²) in [5.41, 5.74) is 14.2. The summed E-state index contributed by atoms with van der Waals surface area (Å²) >= 11 is 6.90. The summed E-state index contributed by atoms with van der Waals surface area (Å²) in [5.74, 6) is 0. The van der Waals surface area contributed by atoms with Crippen molar-refractivity contribution in [2.24, 2.45) is 0 Å². The molecule has 2 N–H and O–H groups in total. The van der Waals surface area contributed by atoms with E-state index >= 15 is 0 Å². The Bertz CT molecular complexity index is 1310. The first-order valence-electron chi connectivity index (χ1n) is 10.9. The van der Waals surface area contributed by atoms with E-state index in [1.54, 1.807) is 0 Å². The highest BCUT2D eigenvalue weighted by Crippen LogP contribution is 2.47. The quantitative estimate of drug-likeness (QED) is 0.273. The number of nitrogens with two attached hydrogens (primary N) is 1. The highest BCUT2D eigenvalue weighted by atomic mass is 35.5. The molecule has 5 rings (SSSR count). The maximum Gasteiger partial charge on any atom is 0.0882 e. The van der Waals surface area contributed by atoms with Crippen LogP contribution in [0.1, 0.15) is 0 Å². The number of benzene rings is 5. The third-order valence-corrected chi connectivity index (χ3v) is 6.10. The second kappa shape index (κ2) is 9.23. The molecular weight excluding hydrogens is 424 g/mol. The van der Waals surface area contributed by atoms with Crippen LogP contribution in [-0.4, -0.2) is 0 Å². The summed E-state index contributed by atoms with van der Waals surface area (Å²) in [6.07, 6.45) is 0. The molecule has 0 spiro atoms. The Kier molecular flexibility index (Phi) is 5.84. The van der Waals surface area contributed by atoms with Crippen molar-refractivity contribution in [1.82, 2.24) is 0 Å². The van der Waals surface area contributed by atoms with Crippen LogP contribution < -0.4 is 10.6 Å². The molecule has 0 bridgehead atoms. The molecule has 0 aliphatic carbocycles. The molecule has 0 amide bonds. The first kappa shape index (κ1) is 20.9. The van der Waals surface area contributed by atoms with Gasteiger partial charge in [0.1, 0.15) is 0 Å². The molecule has 0 radical (unpaired) electrons. The van der Waals surface area contributed by atoms with E-state index in [1.807, 2.05) is 54.6 Å². The smallest absolute Gasteiger partial charge is 0.0882 e. The molecular formula is C30H23ClN2. The highest BCUT2D eigenvalue weighted by Gasteiger charge is 2.21. The van der Waals surface area contributed by atoms with Crippen LogP contribution in [0.5, 0.6) is 0 Å². The Labute approximate surface area is 199 Å². The summed E-state index contributed by atoms with van der Waals surface area (Å²) in [5, 5.41) is 0.535. The van der Waals surface area contributed by atoms with Crippen molar-refractivity contribution in [3.05, 3.63) is 132 Å². The predicted octanol–water partition coefficient (Wildman–Crippen LogP) is 8.73. The molecule has 5 aromatic rings. The Morgan fingerprint density at radius 1 is 0.485 bits per heavy atom. The molecule has 33 heavy (non-hydrogen) atoms. The van der Waals surface area contributed by atoms with Crippen LogP contribution in [0.3, 0.4) is 0 Å². The van der Waals surface area contributed by atoms with Crippen molar-refractivity contribution >= 4 is 34.4 Å². The molecule has 2 nitrogen and oxygen atoms in total. The van der Waals surface area contributed by atoms with Crippen LogP contribution >= 0.6 is 11.6 Å². The zero-order valence-electron chi connectivity index (χ0n) is 18.0. The fourth-order valence-corrected chi connectivity index (χ4v) is 4.32. The average Bonchev–Trinajstić information content (AvgIpc) is 2.89. The molecule has 5 aromatic carbocycles. The Morgan fingerprint density at radius 3 is 1.48 bits per heavy atom. The minimum Gasteiger partial charge on any atom is -0.397 e. The number of hydrogen-bond donors (Lipinski definition) is 1. The van der Waals surface area contributed by atoms with E-state index in [0.717, 1.165) is 28.2 Å². The van der Waals surface area contributed by atoms with E-state index in [2.05, 4.69) is 77.7 Å². The normalized spacial score (nSPS) is 10.7. The lowest BCUT2D eigenvalue weighted by molar-refractivity contribution is 1.28. The van der Waals surface area contributed by atoms with Crippen molar-refractivity contribution in [1.29, 1.82) is 0 Å². The van der Waals surface area contributed by atoms with Crippen LogP contribution in [0.4, 0.5) is 22.7 Å². The minimum atomic E-state index is 0.535. The molecule has 3 heteroatoms. The lowest BCUT2D eigenvalue weighted by atomic mass is 9.98. The zero-order chi connectivity index (χ0) is 22.6. The highest BCUT2D eigenvalue weighted by molar-refractivity contribution is 6.37. The van der Waals surface area contributed by atoms with E-state index < -0.39 is 0 Å². The van der Waals surface area contributed by atoms with E-state index in [1.165, 1.54) is 11.1 Å². The number of hydrogen-bond acceptors (Lipinski definition) is 2. The van der Waals surface area contributed by atoms with E-state index in [0.29, 0.717) is 10.7 Å². The molecule has 0 aliphatic heterocycles. The molecule has 0 aliphatic rings. The first-order valence-corrected chi connectivity index (χ1v) is 11.2. The molecule has 160 valence electrons. The van der Waals surface area contributed by atoms with Crippen LogP contribution in [0.25, 0.3) is 22.3 Å². The van der Waals surface area contributed by atoms with Crippen molar-refractivity contribution in [3.8, 4) is 22.3 Å². The molecule has 0 fully saturated rings. The number of halogens is 1. The second-order valence-corrected chi connectivity index (χ2v) is 8.19. The molecule has 0 aromatic heterocycles. The van der Waals surface area contributed by atoms with E-state index in [-0.39, 0.29) is 0 Å². The lowest BCUT2D eigenvalue weighted by Crippen LogP contribution is -2.12. The molecule has 0 saturated carbocycles. The SMILES string of the molecule is Nc1ccc(-c2ccc(-c3ccccc3)cc2)c(N(c2ccccc2)c2ccccc2)c1Cl. The van der Waals surface area contributed by atoms with Gasteiger partial charge in [0, 0.05) is 16.9 Å².